The summed E-state index contributed by atoms with van der Waals surface area (Å²) in [7, 11) is 0. The van der Waals surface area contributed by atoms with Crippen LogP contribution in [-0.4, -0.2) is 17.6 Å². The number of carbonyl (C=O) groups excluding carboxylic acids is 1. The molecule has 0 radical (unpaired) electrons. The monoisotopic (exact) mass is 235 g/mol. The third-order valence-electron chi connectivity index (χ3n) is 3.01. The average molecular weight is 235 g/mol. The first-order chi connectivity index (χ1) is 8.17. The van der Waals surface area contributed by atoms with E-state index in [-0.39, 0.29) is 17.6 Å². The van der Waals surface area contributed by atoms with Gasteiger partial charge < -0.3 is 10.4 Å². The van der Waals surface area contributed by atoms with Crippen molar-refractivity contribution in [2.75, 3.05) is 6.54 Å². The van der Waals surface area contributed by atoms with Crippen molar-refractivity contribution < 1.29 is 9.90 Å². The summed E-state index contributed by atoms with van der Waals surface area (Å²) >= 11 is 0. The minimum Gasteiger partial charge on any atom is -0.508 e. The standard InChI is InChI=1S/C14H21NO2/c1-3-12(4-2)14(17)15-10-9-11-5-7-13(16)8-6-11/h5-8,12,16H,3-4,9-10H2,1-2H3,(H,15,17). The summed E-state index contributed by atoms with van der Waals surface area (Å²) in [6, 6.07) is 7.08. The molecule has 1 rings (SSSR count). The fraction of sp³-hybridized carbons (Fsp3) is 0.500. The van der Waals surface area contributed by atoms with Crippen molar-refractivity contribution in [1.29, 1.82) is 0 Å². The molecule has 0 aliphatic rings. The quantitative estimate of drug-likeness (QED) is 0.796. The number of phenolic OH excluding ortho intramolecular Hbond substituents is 1. The molecule has 0 unspecified atom stereocenters. The van der Waals surface area contributed by atoms with Gasteiger partial charge in [-0.3, -0.25) is 4.79 Å². The van der Waals surface area contributed by atoms with Crippen LogP contribution in [0, 0.1) is 5.92 Å². The topological polar surface area (TPSA) is 49.3 Å². The van der Waals surface area contributed by atoms with Gasteiger partial charge in [-0.15, -0.1) is 0 Å². The number of phenols is 1. The summed E-state index contributed by atoms with van der Waals surface area (Å²) in [5.74, 6) is 0.554. The molecular formula is C14H21NO2. The molecule has 0 atom stereocenters. The molecule has 0 aromatic heterocycles. The highest BCUT2D eigenvalue weighted by Crippen LogP contribution is 2.10. The molecule has 0 fully saturated rings. The molecular weight excluding hydrogens is 214 g/mol. The number of hydrogen-bond acceptors (Lipinski definition) is 2. The van der Waals surface area contributed by atoms with E-state index < -0.39 is 0 Å². The maximum atomic E-state index is 11.7. The molecule has 0 heterocycles. The van der Waals surface area contributed by atoms with Crippen molar-refractivity contribution in [3.8, 4) is 5.75 Å². The van der Waals surface area contributed by atoms with Crippen LogP contribution in [0.25, 0.3) is 0 Å². The van der Waals surface area contributed by atoms with Gasteiger partial charge in [0, 0.05) is 12.5 Å². The van der Waals surface area contributed by atoms with Crippen LogP contribution in [0.2, 0.25) is 0 Å². The van der Waals surface area contributed by atoms with Gasteiger partial charge >= 0.3 is 0 Å². The van der Waals surface area contributed by atoms with Crippen LogP contribution >= 0.6 is 0 Å². The zero-order chi connectivity index (χ0) is 12.7. The molecule has 94 valence electrons. The van der Waals surface area contributed by atoms with Crippen LogP contribution in [0.4, 0.5) is 0 Å². The van der Waals surface area contributed by atoms with E-state index >= 15 is 0 Å². The van der Waals surface area contributed by atoms with Crippen LogP contribution in [-0.2, 0) is 11.2 Å². The van der Waals surface area contributed by atoms with Crippen LogP contribution in [0.3, 0.4) is 0 Å². The van der Waals surface area contributed by atoms with Gasteiger partial charge in [0.1, 0.15) is 5.75 Å². The van der Waals surface area contributed by atoms with Crippen LogP contribution in [0.1, 0.15) is 32.3 Å². The van der Waals surface area contributed by atoms with Crippen molar-refractivity contribution in [2.45, 2.75) is 33.1 Å². The highest BCUT2D eigenvalue weighted by Gasteiger charge is 2.12. The lowest BCUT2D eigenvalue weighted by molar-refractivity contribution is -0.125. The maximum Gasteiger partial charge on any atom is 0.223 e. The van der Waals surface area contributed by atoms with Gasteiger partial charge in [-0.05, 0) is 37.0 Å². The van der Waals surface area contributed by atoms with Crippen LogP contribution < -0.4 is 5.32 Å². The Hall–Kier alpha value is -1.51. The predicted octanol–water partition coefficient (Wildman–Crippen LogP) is 2.49. The van der Waals surface area contributed by atoms with Gasteiger partial charge in [-0.2, -0.15) is 0 Å². The molecule has 1 aromatic carbocycles. The molecule has 0 saturated heterocycles. The first-order valence-electron chi connectivity index (χ1n) is 6.23. The Labute approximate surface area is 103 Å². The highest BCUT2D eigenvalue weighted by atomic mass is 16.3. The van der Waals surface area contributed by atoms with Gasteiger partial charge in [0.15, 0.2) is 0 Å². The Morgan fingerprint density at radius 3 is 2.35 bits per heavy atom. The molecule has 1 amide bonds. The minimum atomic E-state index is 0.134. The van der Waals surface area contributed by atoms with Crippen molar-refractivity contribution in [3.05, 3.63) is 29.8 Å². The van der Waals surface area contributed by atoms with E-state index in [4.69, 9.17) is 5.11 Å². The first-order valence-corrected chi connectivity index (χ1v) is 6.23. The van der Waals surface area contributed by atoms with Crippen molar-refractivity contribution in [3.63, 3.8) is 0 Å². The van der Waals surface area contributed by atoms with E-state index in [0.717, 1.165) is 24.8 Å². The summed E-state index contributed by atoms with van der Waals surface area (Å²) in [5.41, 5.74) is 1.12. The molecule has 0 spiro atoms. The Morgan fingerprint density at radius 2 is 1.82 bits per heavy atom. The highest BCUT2D eigenvalue weighted by molar-refractivity contribution is 5.78. The third kappa shape index (κ3) is 4.47. The number of rotatable bonds is 6. The van der Waals surface area contributed by atoms with Crippen LogP contribution in [0.15, 0.2) is 24.3 Å². The predicted molar refractivity (Wildman–Crippen MR) is 68.9 cm³/mol. The maximum absolute atomic E-state index is 11.7. The fourth-order valence-electron chi connectivity index (χ4n) is 1.80. The van der Waals surface area contributed by atoms with Gasteiger partial charge in [-0.1, -0.05) is 26.0 Å². The van der Waals surface area contributed by atoms with Crippen molar-refractivity contribution in [1.82, 2.24) is 5.32 Å². The van der Waals surface area contributed by atoms with Gasteiger partial charge in [0.2, 0.25) is 5.91 Å². The molecule has 0 saturated carbocycles. The minimum absolute atomic E-state index is 0.134. The Balaban J connectivity index is 2.32. The third-order valence-corrected chi connectivity index (χ3v) is 3.01. The molecule has 3 nitrogen and oxygen atoms in total. The molecule has 1 aromatic rings. The lowest BCUT2D eigenvalue weighted by Crippen LogP contribution is -2.31. The van der Waals surface area contributed by atoms with Crippen molar-refractivity contribution >= 4 is 5.91 Å². The normalized spacial score (nSPS) is 10.5. The second kappa shape index (κ2) is 6.94. The lowest BCUT2D eigenvalue weighted by Gasteiger charge is -2.12. The first kappa shape index (κ1) is 13.6. The number of nitrogens with one attached hydrogen (secondary N) is 1. The summed E-state index contributed by atoms with van der Waals surface area (Å²) in [6.07, 6.45) is 2.58. The largest absolute Gasteiger partial charge is 0.508 e. The zero-order valence-corrected chi connectivity index (χ0v) is 10.6. The molecule has 3 heteroatoms. The zero-order valence-electron chi connectivity index (χ0n) is 10.6. The summed E-state index contributed by atoms with van der Waals surface area (Å²) < 4.78 is 0. The van der Waals surface area contributed by atoms with E-state index in [9.17, 15) is 4.79 Å². The number of carbonyl (C=O) groups is 1. The van der Waals surface area contributed by atoms with E-state index in [1.54, 1.807) is 12.1 Å². The van der Waals surface area contributed by atoms with E-state index in [1.165, 1.54) is 0 Å². The lowest BCUT2D eigenvalue weighted by atomic mass is 10.0. The van der Waals surface area contributed by atoms with Crippen LogP contribution in [0.5, 0.6) is 5.75 Å². The molecule has 2 N–H and O–H groups in total. The summed E-state index contributed by atoms with van der Waals surface area (Å²) in [6.45, 7) is 4.72. The average Bonchev–Trinajstić information content (AvgIpc) is 2.33. The second-order valence-corrected chi connectivity index (χ2v) is 4.22. The molecule has 17 heavy (non-hydrogen) atoms. The molecule has 0 bridgehead atoms. The van der Waals surface area contributed by atoms with Gasteiger partial charge in [0.05, 0.1) is 0 Å². The number of amides is 1. The second-order valence-electron chi connectivity index (χ2n) is 4.22. The Kier molecular flexibility index (Phi) is 5.53. The van der Waals surface area contributed by atoms with Crippen molar-refractivity contribution in [2.24, 2.45) is 5.92 Å². The Morgan fingerprint density at radius 1 is 1.24 bits per heavy atom. The van der Waals surface area contributed by atoms with Gasteiger partial charge in [-0.25, -0.2) is 0 Å². The van der Waals surface area contributed by atoms with E-state index in [0.29, 0.717) is 6.54 Å². The summed E-state index contributed by atoms with van der Waals surface area (Å²) in [4.78, 5) is 11.7. The number of aromatic hydroxyl groups is 1. The smallest absolute Gasteiger partial charge is 0.223 e. The number of hydrogen-bond donors (Lipinski definition) is 2. The molecule has 0 aliphatic heterocycles. The number of benzene rings is 1. The van der Waals surface area contributed by atoms with E-state index in [2.05, 4.69) is 5.32 Å². The summed E-state index contributed by atoms with van der Waals surface area (Å²) in [5, 5.41) is 12.1. The molecule has 0 aliphatic carbocycles. The SMILES string of the molecule is CCC(CC)C(=O)NCCc1ccc(O)cc1. The Bertz CT molecular complexity index is 342. The van der Waals surface area contributed by atoms with E-state index in [1.807, 2.05) is 26.0 Å². The fourth-order valence-corrected chi connectivity index (χ4v) is 1.80. The van der Waals surface area contributed by atoms with Gasteiger partial charge in [0.25, 0.3) is 0 Å².